The normalized spacial score (nSPS) is 32.2. The lowest BCUT2D eigenvalue weighted by Crippen LogP contribution is -2.35. The lowest BCUT2D eigenvalue weighted by Gasteiger charge is -2.32. The maximum absolute atomic E-state index is 12.2. The van der Waals surface area contributed by atoms with Crippen LogP contribution in [0.4, 0.5) is 0 Å². The highest BCUT2D eigenvalue weighted by atomic mass is 127. The summed E-state index contributed by atoms with van der Waals surface area (Å²) in [5, 5.41) is 10.8. The number of hydrogen-bond donors (Lipinski definition) is 1. The molecule has 21 heavy (non-hydrogen) atoms. The predicted octanol–water partition coefficient (Wildman–Crippen LogP) is 4.39. The van der Waals surface area contributed by atoms with E-state index < -0.39 is 9.02 Å². The van der Waals surface area contributed by atoms with E-state index in [1.165, 1.54) is 0 Å². The molecular formula is C17H29IO3. The number of rotatable bonds is 4. The fourth-order valence-corrected chi connectivity index (χ4v) is 3.86. The standard InChI is InChI=1S/C17H29IO3/c1-3-16(2,18)15(19)21-14-8-6-7-13(9-10-14)17(20)11-4-5-12-17/h13-14,20H,3-12H2,1-2H3. The summed E-state index contributed by atoms with van der Waals surface area (Å²) >= 11 is 2.19. The van der Waals surface area contributed by atoms with Gasteiger partial charge >= 0.3 is 5.97 Å². The summed E-state index contributed by atoms with van der Waals surface area (Å²) < 4.78 is 5.33. The molecule has 3 unspecified atom stereocenters. The van der Waals surface area contributed by atoms with E-state index >= 15 is 0 Å². The Morgan fingerprint density at radius 1 is 1.24 bits per heavy atom. The summed E-state index contributed by atoms with van der Waals surface area (Å²) in [6.45, 7) is 3.96. The number of carbonyl (C=O) groups is 1. The maximum atomic E-state index is 12.2. The summed E-state index contributed by atoms with van der Waals surface area (Å²) in [4.78, 5) is 12.2. The van der Waals surface area contributed by atoms with Crippen molar-refractivity contribution in [3.8, 4) is 0 Å². The monoisotopic (exact) mass is 408 g/mol. The molecular weight excluding hydrogens is 379 g/mol. The van der Waals surface area contributed by atoms with Crippen LogP contribution in [0.15, 0.2) is 0 Å². The average Bonchev–Trinajstić information content (AvgIpc) is 2.75. The minimum absolute atomic E-state index is 0.0492. The Labute approximate surface area is 142 Å². The van der Waals surface area contributed by atoms with Crippen molar-refractivity contribution in [1.82, 2.24) is 0 Å². The zero-order chi connectivity index (χ0) is 15.5. The van der Waals surface area contributed by atoms with E-state index in [4.69, 9.17) is 4.74 Å². The van der Waals surface area contributed by atoms with Gasteiger partial charge in [0.25, 0.3) is 0 Å². The van der Waals surface area contributed by atoms with Crippen LogP contribution in [0.5, 0.6) is 0 Å². The molecule has 4 heteroatoms. The molecule has 0 aromatic carbocycles. The Kier molecular flexibility index (Phi) is 5.97. The number of carbonyl (C=O) groups excluding carboxylic acids is 1. The van der Waals surface area contributed by atoms with Gasteiger partial charge in [0.05, 0.1) is 5.60 Å². The topological polar surface area (TPSA) is 46.5 Å². The van der Waals surface area contributed by atoms with E-state index in [0.29, 0.717) is 5.92 Å². The quantitative estimate of drug-likeness (QED) is 0.325. The van der Waals surface area contributed by atoms with Crippen LogP contribution in [-0.4, -0.2) is 26.2 Å². The fraction of sp³-hybridized carbons (Fsp3) is 0.941. The van der Waals surface area contributed by atoms with Gasteiger partial charge in [0.1, 0.15) is 9.53 Å². The first-order chi connectivity index (χ1) is 9.87. The van der Waals surface area contributed by atoms with E-state index in [1.54, 1.807) is 0 Å². The van der Waals surface area contributed by atoms with Gasteiger partial charge in [-0.2, -0.15) is 0 Å². The van der Waals surface area contributed by atoms with E-state index in [9.17, 15) is 9.90 Å². The zero-order valence-corrected chi connectivity index (χ0v) is 15.5. The molecule has 2 aliphatic rings. The van der Waals surface area contributed by atoms with Gasteiger partial charge in [-0.15, -0.1) is 0 Å². The van der Waals surface area contributed by atoms with Crippen LogP contribution in [0.2, 0.25) is 0 Å². The summed E-state index contributed by atoms with van der Waals surface area (Å²) in [6, 6.07) is 0. The fourth-order valence-electron chi connectivity index (χ4n) is 3.74. The molecule has 0 radical (unpaired) electrons. The van der Waals surface area contributed by atoms with Crippen molar-refractivity contribution in [3.63, 3.8) is 0 Å². The molecule has 0 amide bonds. The smallest absolute Gasteiger partial charge is 0.322 e. The number of halogens is 1. The number of aliphatic hydroxyl groups is 1. The summed E-state index contributed by atoms with van der Waals surface area (Å²) in [5.74, 6) is 0.328. The SMILES string of the molecule is CCC(C)(I)C(=O)OC1CCCC(C2(O)CCCC2)CC1. The summed E-state index contributed by atoms with van der Waals surface area (Å²) in [7, 11) is 0. The Morgan fingerprint density at radius 2 is 1.90 bits per heavy atom. The van der Waals surface area contributed by atoms with Crippen LogP contribution >= 0.6 is 22.6 Å². The molecule has 0 spiro atoms. The highest BCUT2D eigenvalue weighted by Crippen LogP contribution is 2.42. The van der Waals surface area contributed by atoms with Crippen LogP contribution in [-0.2, 0) is 9.53 Å². The molecule has 3 atom stereocenters. The lowest BCUT2D eigenvalue weighted by molar-refractivity contribution is -0.151. The zero-order valence-electron chi connectivity index (χ0n) is 13.4. The third kappa shape index (κ3) is 4.34. The molecule has 1 N–H and O–H groups in total. The van der Waals surface area contributed by atoms with Gasteiger partial charge in [0, 0.05) is 0 Å². The van der Waals surface area contributed by atoms with Crippen molar-refractivity contribution in [2.75, 3.05) is 0 Å². The second-order valence-corrected chi connectivity index (χ2v) is 9.48. The highest BCUT2D eigenvalue weighted by molar-refractivity contribution is 14.1. The molecule has 2 saturated carbocycles. The maximum Gasteiger partial charge on any atom is 0.322 e. The molecule has 0 saturated heterocycles. The van der Waals surface area contributed by atoms with Gasteiger partial charge in [0.2, 0.25) is 0 Å². The number of esters is 1. The minimum atomic E-state index is -0.430. The van der Waals surface area contributed by atoms with E-state index in [0.717, 1.165) is 64.2 Å². The Hall–Kier alpha value is 0.160. The first-order valence-electron chi connectivity index (χ1n) is 8.50. The third-order valence-corrected chi connectivity index (χ3v) is 6.71. The molecule has 2 rings (SSSR count). The van der Waals surface area contributed by atoms with E-state index in [2.05, 4.69) is 22.6 Å². The largest absolute Gasteiger partial charge is 0.461 e. The van der Waals surface area contributed by atoms with Crippen LogP contribution < -0.4 is 0 Å². The van der Waals surface area contributed by atoms with Gasteiger partial charge in [-0.05, 0) is 64.2 Å². The van der Waals surface area contributed by atoms with Crippen LogP contribution in [0, 0.1) is 5.92 Å². The second-order valence-electron chi connectivity index (χ2n) is 7.09. The van der Waals surface area contributed by atoms with Gasteiger partial charge in [-0.25, -0.2) is 0 Å². The molecule has 122 valence electrons. The van der Waals surface area contributed by atoms with Crippen molar-refractivity contribution < 1.29 is 14.6 Å². The predicted molar refractivity (Wildman–Crippen MR) is 92.6 cm³/mol. The van der Waals surface area contributed by atoms with E-state index in [-0.39, 0.29) is 12.1 Å². The molecule has 0 bridgehead atoms. The average molecular weight is 408 g/mol. The number of hydrogen-bond acceptors (Lipinski definition) is 3. The summed E-state index contributed by atoms with van der Waals surface area (Å²) in [5.41, 5.74) is -0.430. The van der Waals surface area contributed by atoms with Crippen molar-refractivity contribution >= 4 is 28.6 Å². The molecule has 0 aliphatic heterocycles. The number of alkyl halides is 1. The van der Waals surface area contributed by atoms with Crippen LogP contribution in [0.25, 0.3) is 0 Å². The van der Waals surface area contributed by atoms with Gasteiger partial charge < -0.3 is 9.84 Å². The van der Waals surface area contributed by atoms with Gasteiger partial charge in [-0.1, -0.05) is 42.4 Å². The van der Waals surface area contributed by atoms with Crippen LogP contribution in [0.1, 0.15) is 78.1 Å². The third-order valence-electron chi connectivity index (χ3n) is 5.51. The highest BCUT2D eigenvalue weighted by Gasteiger charge is 2.40. The molecule has 0 aromatic heterocycles. The summed E-state index contributed by atoms with van der Waals surface area (Å²) in [6.07, 6.45) is 10.1. The van der Waals surface area contributed by atoms with E-state index in [1.807, 2.05) is 13.8 Å². The van der Waals surface area contributed by atoms with Gasteiger partial charge in [-0.3, -0.25) is 4.79 Å². The molecule has 3 nitrogen and oxygen atoms in total. The molecule has 2 aliphatic carbocycles. The first kappa shape index (κ1) is 17.5. The van der Waals surface area contributed by atoms with Crippen molar-refractivity contribution in [3.05, 3.63) is 0 Å². The lowest BCUT2D eigenvalue weighted by atomic mass is 9.81. The second kappa shape index (κ2) is 7.16. The Balaban J connectivity index is 1.88. The minimum Gasteiger partial charge on any atom is -0.461 e. The first-order valence-corrected chi connectivity index (χ1v) is 9.57. The van der Waals surface area contributed by atoms with Crippen molar-refractivity contribution in [2.24, 2.45) is 5.92 Å². The molecule has 2 fully saturated rings. The Bertz CT molecular complexity index is 361. The van der Waals surface area contributed by atoms with Gasteiger partial charge in [0.15, 0.2) is 0 Å². The van der Waals surface area contributed by atoms with Crippen molar-refractivity contribution in [2.45, 2.75) is 93.2 Å². The van der Waals surface area contributed by atoms with Crippen molar-refractivity contribution in [1.29, 1.82) is 0 Å². The van der Waals surface area contributed by atoms with Crippen LogP contribution in [0.3, 0.4) is 0 Å². The number of ether oxygens (including phenoxy) is 1. The molecule has 0 aromatic rings. The molecule has 0 heterocycles. The Morgan fingerprint density at radius 3 is 2.52 bits per heavy atom.